The summed E-state index contributed by atoms with van der Waals surface area (Å²) in [7, 11) is 0. The normalized spacial score (nSPS) is 47.4. The Hall–Kier alpha value is 0.980. The molecule has 0 atom stereocenters. The van der Waals surface area contributed by atoms with Crippen molar-refractivity contribution in [3.8, 4) is 0 Å². The maximum absolute atomic E-state index is 5.29. The molecule has 3 rings (SSSR count). The number of rotatable bonds is 1. The molecule has 2 bridgehead atoms. The van der Waals surface area contributed by atoms with Crippen LogP contribution in [0.1, 0.15) is 19.3 Å². The molecule has 2 nitrogen and oxygen atoms in total. The molecule has 0 aliphatic heterocycles. The fraction of sp³-hybridized carbons (Fsp3) is 1.00. The summed E-state index contributed by atoms with van der Waals surface area (Å²) in [6.45, 7) is 0. The van der Waals surface area contributed by atoms with Crippen molar-refractivity contribution in [2.24, 2.45) is 5.84 Å². The third kappa shape index (κ3) is 1.18. The average molecular weight is 250 g/mol. The van der Waals surface area contributed by atoms with Crippen LogP contribution in [0, 0.1) is 0 Å². The Labute approximate surface area is 81.2 Å². The molecule has 0 amide bonds. The Morgan fingerprint density at radius 2 is 1.60 bits per heavy atom. The number of halogens is 3. The van der Waals surface area contributed by atoms with Crippen molar-refractivity contribution < 1.29 is 0 Å². The lowest BCUT2D eigenvalue weighted by Crippen LogP contribution is -2.76. The Morgan fingerprint density at radius 3 is 1.70 bits per heavy atom. The maximum Gasteiger partial charge on any atom is 0.0361 e. The molecular formula is C5H11BrCl2N2. The molecular weight excluding hydrogens is 239 g/mol. The average Bonchev–Trinajstić information content (AvgIpc) is 1.55. The minimum Gasteiger partial charge on any atom is -0.271 e. The summed E-state index contributed by atoms with van der Waals surface area (Å²) < 4.78 is 0.499. The van der Waals surface area contributed by atoms with E-state index in [-0.39, 0.29) is 24.8 Å². The first-order valence-electron chi connectivity index (χ1n) is 2.85. The van der Waals surface area contributed by atoms with Crippen molar-refractivity contribution >= 4 is 40.7 Å². The third-order valence-corrected chi connectivity index (χ3v) is 3.11. The van der Waals surface area contributed by atoms with Crippen LogP contribution in [-0.2, 0) is 0 Å². The predicted octanol–water partition coefficient (Wildman–Crippen LogP) is 1.36. The molecule has 0 saturated heterocycles. The Morgan fingerprint density at radius 1 is 1.20 bits per heavy atom. The smallest absolute Gasteiger partial charge is 0.0361 e. The lowest BCUT2D eigenvalue weighted by molar-refractivity contribution is -0.0135. The molecule has 5 heteroatoms. The van der Waals surface area contributed by atoms with Crippen LogP contribution in [-0.4, -0.2) is 9.86 Å². The fourth-order valence-corrected chi connectivity index (χ4v) is 3.43. The minimum atomic E-state index is 0. The van der Waals surface area contributed by atoms with E-state index in [0.29, 0.717) is 9.86 Å². The number of hydrogen-bond donors (Lipinski definition) is 2. The van der Waals surface area contributed by atoms with Crippen LogP contribution in [0.15, 0.2) is 0 Å². The van der Waals surface area contributed by atoms with Crippen LogP contribution in [0.25, 0.3) is 0 Å². The van der Waals surface area contributed by atoms with Gasteiger partial charge in [0, 0.05) is 9.86 Å². The topological polar surface area (TPSA) is 38.0 Å². The Kier molecular flexibility index (Phi) is 3.06. The molecule has 3 aliphatic rings. The van der Waals surface area contributed by atoms with Gasteiger partial charge in [-0.2, -0.15) is 0 Å². The first kappa shape index (κ1) is 11.0. The van der Waals surface area contributed by atoms with E-state index in [2.05, 4.69) is 21.4 Å². The van der Waals surface area contributed by atoms with Gasteiger partial charge in [0.25, 0.3) is 0 Å². The second-order valence-electron chi connectivity index (χ2n) is 3.11. The van der Waals surface area contributed by atoms with Gasteiger partial charge in [0.05, 0.1) is 0 Å². The maximum atomic E-state index is 5.29. The van der Waals surface area contributed by atoms with Gasteiger partial charge in [-0.1, -0.05) is 15.9 Å². The van der Waals surface area contributed by atoms with E-state index in [0.717, 1.165) is 0 Å². The molecule has 62 valence electrons. The van der Waals surface area contributed by atoms with Gasteiger partial charge in [-0.25, -0.2) is 0 Å². The number of nitrogens with one attached hydrogen (secondary N) is 1. The molecule has 3 fully saturated rings. The summed E-state index contributed by atoms with van der Waals surface area (Å²) in [5.41, 5.74) is 3.19. The molecule has 0 spiro atoms. The van der Waals surface area contributed by atoms with Gasteiger partial charge in [-0.15, -0.1) is 24.8 Å². The summed E-state index contributed by atoms with van der Waals surface area (Å²) in [5, 5.41) is 0. The van der Waals surface area contributed by atoms with Crippen molar-refractivity contribution in [2.45, 2.75) is 29.1 Å². The highest BCUT2D eigenvalue weighted by Gasteiger charge is 2.66. The highest BCUT2D eigenvalue weighted by Crippen LogP contribution is 2.65. The van der Waals surface area contributed by atoms with Crippen LogP contribution >= 0.6 is 40.7 Å². The van der Waals surface area contributed by atoms with Crippen molar-refractivity contribution in [2.75, 3.05) is 0 Å². The molecule has 3 saturated carbocycles. The van der Waals surface area contributed by atoms with Gasteiger partial charge in [0.2, 0.25) is 0 Å². The summed E-state index contributed by atoms with van der Waals surface area (Å²) in [5.74, 6) is 5.29. The highest BCUT2D eigenvalue weighted by atomic mass is 79.9. The van der Waals surface area contributed by atoms with Gasteiger partial charge in [-0.3, -0.25) is 11.3 Å². The second kappa shape index (κ2) is 2.79. The molecule has 0 heterocycles. The van der Waals surface area contributed by atoms with Crippen LogP contribution in [0.3, 0.4) is 0 Å². The zero-order valence-corrected chi connectivity index (χ0v) is 8.61. The molecule has 0 aromatic rings. The SMILES string of the molecule is Cl.Cl.NNC12CC(Br)(C1)C2. The molecule has 0 aromatic heterocycles. The van der Waals surface area contributed by atoms with Gasteiger partial charge in [0.15, 0.2) is 0 Å². The molecule has 0 aromatic carbocycles. The molecule has 0 unspecified atom stereocenters. The quantitative estimate of drug-likeness (QED) is 0.419. The predicted molar refractivity (Wildman–Crippen MR) is 50.1 cm³/mol. The fourth-order valence-electron chi connectivity index (χ4n) is 1.82. The summed E-state index contributed by atoms with van der Waals surface area (Å²) >= 11 is 3.61. The Bertz CT molecular complexity index is 122. The van der Waals surface area contributed by atoms with Gasteiger partial charge < -0.3 is 0 Å². The lowest BCUT2D eigenvalue weighted by atomic mass is 9.50. The molecule has 10 heavy (non-hydrogen) atoms. The Balaban J connectivity index is 0.000000405. The van der Waals surface area contributed by atoms with E-state index < -0.39 is 0 Å². The summed E-state index contributed by atoms with van der Waals surface area (Å²) in [6.07, 6.45) is 3.66. The van der Waals surface area contributed by atoms with Gasteiger partial charge in [-0.05, 0) is 19.3 Å². The first-order valence-corrected chi connectivity index (χ1v) is 3.64. The van der Waals surface area contributed by atoms with E-state index in [4.69, 9.17) is 5.84 Å². The number of nitrogens with two attached hydrogens (primary N) is 1. The van der Waals surface area contributed by atoms with E-state index in [9.17, 15) is 0 Å². The summed E-state index contributed by atoms with van der Waals surface area (Å²) in [6, 6.07) is 0. The van der Waals surface area contributed by atoms with E-state index in [1.165, 1.54) is 19.3 Å². The minimum absolute atomic E-state index is 0. The highest BCUT2D eigenvalue weighted by molar-refractivity contribution is 9.10. The number of hydrogen-bond acceptors (Lipinski definition) is 2. The van der Waals surface area contributed by atoms with Gasteiger partial charge in [0.1, 0.15) is 0 Å². The monoisotopic (exact) mass is 248 g/mol. The van der Waals surface area contributed by atoms with Crippen molar-refractivity contribution in [1.29, 1.82) is 0 Å². The van der Waals surface area contributed by atoms with Crippen LogP contribution in [0.4, 0.5) is 0 Å². The van der Waals surface area contributed by atoms with Crippen LogP contribution < -0.4 is 11.3 Å². The lowest BCUT2D eigenvalue weighted by Gasteiger charge is -2.67. The largest absolute Gasteiger partial charge is 0.271 e. The van der Waals surface area contributed by atoms with Crippen molar-refractivity contribution in [3.05, 3.63) is 0 Å². The zero-order valence-electron chi connectivity index (χ0n) is 5.39. The van der Waals surface area contributed by atoms with E-state index in [1.54, 1.807) is 0 Å². The summed E-state index contributed by atoms with van der Waals surface area (Å²) in [4.78, 5) is 0. The van der Waals surface area contributed by atoms with E-state index in [1.807, 2.05) is 0 Å². The van der Waals surface area contributed by atoms with Crippen LogP contribution in [0.2, 0.25) is 0 Å². The van der Waals surface area contributed by atoms with Crippen LogP contribution in [0.5, 0.6) is 0 Å². The standard InChI is InChI=1S/C5H9BrN2.2ClH/c6-4-1-5(2-4,3-4)8-7;;/h8H,1-3,7H2;2*1H. The zero-order chi connectivity index (χ0) is 5.83. The third-order valence-electron chi connectivity index (χ3n) is 2.27. The molecule has 3 aliphatic carbocycles. The molecule has 3 N–H and O–H groups in total. The van der Waals surface area contributed by atoms with Gasteiger partial charge >= 0.3 is 0 Å². The molecule has 0 radical (unpaired) electrons. The second-order valence-corrected chi connectivity index (χ2v) is 4.79. The van der Waals surface area contributed by atoms with Crippen molar-refractivity contribution in [3.63, 3.8) is 0 Å². The number of alkyl halides is 1. The first-order chi connectivity index (χ1) is 3.68. The van der Waals surface area contributed by atoms with Crippen molar-refractivity contribution in [1.82, 2.24) is 5.43 Å². The number of hydrazine groups is 1. The van der Waals surface area contributed by atoms with E-state index >= 15 is 0 Å².